The van der Waals surface area contributed by atoms with Crippen molar-refractivity contribution < 1.29 is 21.6 Å². The maximum absolute atomic E-state index is 13.0. The Bertz CT molecular complexity index is 622. The molecule has 1 aliphatic heterocycles. The van der Waals surface area contributed by atoms with Gasteiger partial charge in [0.05, 0.1) is 10.5 Å². The Labute approximate surface area is 131 Å². The standard InChI is InChI=1S/C11H12ClF3N2O2S.ClH/c12-7-1-2-10(9(5-7)11(13,14)15)20(18,19)17-4-3-8(16)6-17;/h1-2,5,8H,3-4,6,16H2;1H/t8-;/m1./s1. The van der Waals surface area contributed by atoms with Gasteiger partial charge in [-0.25, -0.2) is 8.42 Å². The fourth-order valence-electron chi connectivity index (χ4n) is 2.06. The number of nitrogens with two attached hydrogens (primary N) is 1. The molecule has 120 valence electrons. The molecule has 0 bridgehead atoms. The van der Waals surface area contributed by atoms with Crippen molar-refractivity contribution in [2.45, 2.75) is 23.5 Å². The molecule has 1 saturated heterocycles. The van der Waals surface area contributed by atoms with E-state index in [1.807, 2.05) is 0 Å². The van der Waals surface area contributed by atoms with E-state index in [9.17, 15) is 21.6 Å². The van der Waals surface area contributed by atoms with Crippen molar-refractivity contribution in [2.75, 3.05) is 13.1 Å². The molecular formula is C11H13Cl2F3N2O2S. The fourth-order valence-corrected chi connectivity index (χ4v) is 3.94. The normalized spacial score (nSPS) is 20.3. The number of hydrogen-bond acceptors (Lipinski definition) is 3. The minimum Gasteiger partial charge on any atom is -0.326 e. The highest BCUT2D eigenvalue weighted by Crippen LogP contribution is 2.37. The van der Waals surface area contributed by atoms with Gasteiger partial charge in [0.25, 0.3) is 0 Å². The third kappa shape index (κ3) is 3.81. The second-order valence-electron chi connectivity index (χ2n) is 4.55. The predicted octanol–water partition coefficient (Wildman–Crippen LogP) is 2.50. The number of hydrogen-bond donors (Lipinski definition) is 1. The number of benzene rings is 1. The zero-order valence-corrected chi connectivity index (χ0v) is 13.0. The lowest BCUT2D eigenvalue weighted by Crippen LogP contribution is -2.33. The largest absolute Gasteiger partial charge is 0.417 e. The molecule has 1 aromatic carbocycles. The third-order valence-electron chi connectivity index (χ3n) is 3.05. The summed E-state index contributed by atoms with van der Waals surface area (Å²) >= 11 is 5.53. The SMILES string of the molecule is Cl.N[C@@H]1CCN(S(=O)(=O)c2ccc(Cl)cc2C(F)(F)F)C1. The summed E-state index contributed by atoms with van der Waals surface area (Å²) in [5.41, 5.74) is 4.34. The lowest BCUT2D eigenvalue weighted by molar-refractivity contribution is -0.139. The lowest BCUT2D eigenvalue weighted by Gasteiger charge is -2.19. The van der Waals surface area contributed by atoms with Gasteiger partial charge in [-0.15, -0.1) is 12.4 Å². The molecule has 1 atom stereocenters. The van der Waals surface area contributed by atoms with Crippen molar-refractivity contribution in [2.24, 2.45) is 5.73 Å². The van der Waals surface area contributed by atoms with Crippen LogP contribution in [-0.4, -0.2) is 31.9 Å². The quantitative estimate of drug-likeness (QED) is 0.876. The van der Waals surface area contributed by atoms with Gasteiger partial charge in [-0.05, 0) is 24.6 Å². The average molecular weight is 365 g/mol. The lowest BCUT2D eigenvalue weighted by atomic mass is 10.2. The summed E-state index contributed by atoms with van der Waals surface area (Å²) in [6.07, 6.45) is -4.37. The molecule has 0 saturated carbocycles. The molecular weight excluding hydrogens is 352 g/mol. The first-order chi connectivity index (χ1) is 9.12. The smallest absolute Gasteiger partial charge is 0.326 e. The van der Waals surface area contributed by atoms with Crippen LogP contribution in [0.3, 0.4) is 0 Å². The zero-order valence-electron chi connectivity index (χ0n) is 10.6. The minimum absolute atomic E-state index is 0. The van der Waals surface area contributed by atoms with Crippen LogP contribution in [0, 0.1) is 0 Å². The molecule has 0 aromatic heterocycles. The molecule has 21 heavy (non-hydrogen) atoms. The molecule has 1 aromatic rings. The molecule has 0 unspecified atom stereocenters. The summed E-state index contributed by atoms with van der Waals surface area (Å²) < 4.78 is 64.4. The maximum atomic E-state index is 13.0. The van der Waals surface area contributed by atoms with Crippen molar-refractivity contribution in [3.05, 3.63) is 28.8 Å². The van der Waals surface area contributed by atoms with Gasteiger partial charge >= 0.3 is 6.18 Å². The first-order valence-corrected chi connectivity index (χ1v) is 7.56. The van der Waals surface area contributed by atoms with Crippen LogP contribution in [0.4, 0.5) is 13.2 Å². The minimum atomic E-state index is -4.80. The Morgan fingerprint density at radius 1 is 1.33 bits per heavy atom. The van der Waals surface area contributed by atoms with Gasteiger partial charge in [0.1, 0.15) is 0 Å². The highest BCUT2D eigenvalue weighted by Gasteiger charge is 2.40. The van der Waals surface area contributed by atoms with Gasteiger partial charge in [0, 0.05) is 24.2 Å². The number of nitrogens with zero attached hydrogens (tertiary/aromatic N) is 1. The van der Waals surface area contributed by atoms with Crippen LogP contribution in [0.15, 0.2) is 23.1 Å². The monoisotopic (exact) mass is 364 g/mol. The maximum Gasteiger partial charge on any atom is 0.417 e. The summed E-state index contributed by atoms with van der Waals surface area (Å²) in [4.78, 5) is -0.788. The van der Waals surface area contributed by atoms with Crippen LogP contribution in [-0.2, 0) is 16.2 Å². The average Bonchev–Trinajstić information content (AvgIpc) is 2.75. The molecule has 1 heterocycles. The second-order valence-corrected chi connectivity index (χ2v) is 6.89. The zero-order chi connectivity index (χ0) is 15.1. The van der Waals surface area contributed by atoms with Crippen LogP contribution in [0.2, 0.25) is 5.02 Å². The number of alkyl halides is 3. The van der Waals surface area contributed by atoms with Crippen LogP contribution in [0.25, 0.3) is 0 Å². The van der Waals surface area contributed by atoms with E-state index in [1.54, 1.807) is 0 Å². The highest BCUT2D eigenvalue weighted by atomic mass is 35.5. The van der Waals surface area contributed by atoms with E-state index in [-0.39, 0.29) is 36.6 Å². The van der Waals surface area contributed by atoms with Gasteiger partial charge in [0.2, 0.25) is 10.0 Å². The van der Waals surface area contributed by atoms with Crippen molar-refractivity contribution in [1.82, 2.24) is 4.31 Å². The summed E-state index contributed by atoms with van der Waals surface area (Å²) in [5.74, 6) is 0. The number of rotatable bonds is 2. The molecule has 2 N–H and O–H groups in total. The van der Waals surface area contributed by atoms with E-state index < -0.39 is 26.7 Å². The third-order valence-corrected chi connectivity index (χ3v) is 5.21. The summed E-state index contributed by atoms with van der Waals surface area (Å²) in [6, 6.07) is 2.26. The molecule has 4 nitrogen and oxygen atoms in total. The van der Waals surface area contributed by atoms with Crippen LogP contribution >= 0.6 is 24.0 Å². The molecule has 1 aliphatic rings. The van der Waals surface area contributed by atoms with Crippen LogP contribution in [0.1, 0.15) is 12.0 Å². The molecule has 2 rings (SSSR count). The van der Waals surface area contributed by atoms with Crippen LogP contribution in [0.5, 0.6) is 0 Å². The molecule has 0 aliphatic carbocycles. The number of sulfonamides is 1. The Hall–Kier alpha value is -0.540. The predicted molar refractivity (Wildman–Crippen MR) is 75.1 cm³/mol. The van der Waals surface area contributed by atoms with Crippen molar-refractivity contribution >= 4 is 34.0 Å². The van der Waals surface area contributed by atoms with E-state index in [0.717, 1.165) is 16.4 Å². The van der Waals surface area contributed by atoms with Gasteiger partial charge in [0.15, 0.2) is 0 Å². The van der Waals surface area contributed by atoms with E-state index in [1.165, 1.54) is 0 Å². The van der Waals surface area contributed by atoms with Gasteiger partial charge in [-0.2, -0.15) is 17.5 Å². The summed E-state index contributed by atoms with van der Waals surface area (Å²) in [7, 11) is -4.23. The van der Waals surface area contributed by atoms with Gasteiger partial charge in [-0.1, -0.05) is 11.6 Å². The fraction of sp³-hybridized carbons (Fsp3) is 0.455. The molecule has 0 amide bonds. The van der Waals surface area contributed by atoms with Gasteiger partial charge in [-0.3, -0.25) is 0 Å². The molecule has 10 heteroatoms. The Morgan fingerprint density at radius 3 is 2.43 bits per heavy atom. The van der Waals surface area contributed by atoms with Gasteiger partial charge < -0.3 is 5.73 Å². The van der Waals surface area contributed by atoms with E-state index in [0.29, 0.717) is 12.5 Å². The Kier molecular flexibility index (Phi) is 5.55. The first kappa shape index (κ1) is 18.5. The second kappa shape index (κ2) is 6.29. The van der Waals surface area contributed by atoms with Crippen molar-refractivity contribution in [1.29, 1.82) is 0 Å². The Morgan fingerprint density at radius 2 is 1.95 bits per heavy atom. The van der Waals surface area contributed by atoms with Crippen molar-refractivity contribution in [3.8, 4) is 0 Å². The van der Waals surface area contributed by atoms with Crippen molar-refractivity contribution in [3.63, 3.8) is 0 Å². The summed E-state index contributed by atoms with van der Waals surface area (Å²) in [6.45, 7) is 0.131. The van der Waals surface area contributed by atoms with E-state index in [4.69, 9.17) is 17.3 Å². The first-order valence-electron chi connectivity index (χ1n) is 5.75. The molecule has 0 radical (unpaired) electrons. The highest BCUT2D eigenvalue weighted by molar-refractivity contribution is 7.89. The Balaban J connectivity index is 0.00000220. The topological polar surface area (TPSA) is 63.4 Å². The molecule has 0 spiro atoms. The molecule has 1 fully saturated rings. The van der Waals surface area contributed by atoms with E-state index >= 15 is 0 Å². The van der Waals surface area contributed by atoms with E-state index in [2.05, 4.69) is 0 Å². The summed E-state index contributed by atoms with van der Waals surface area (Å²) in [5, 5.41) is -0.172. The number of halogens is 5. The van der Waals surface area contributed by atoms with Crippen LogP contribution < -0.4 is 5.73 Å².